The van der Waals surface area contributed by atoms with Crippen LogP contribution in [0.4, 0.5) is 5.69 Å². The number of ether oxygens (including phenoxy) is 1. The number of hydrogen-bond donors (Lipinski definition) is 1. The van der Waals surface area contributed by atoms with Gasteiger partial charge in [0.15, 0.2) is 11.9 Å². The number of nitrogens with two attached hydrogens (primary N) is 1. The third kappa shape index (κ3) is 5.03. The predicted octanol–water partition coefficient (Wildman–Crippen LogP) is 2.62. The highest BCUT2D eigenvalue weighted by atomic mass is 16.7. The van der Waals surface area contributed by atoms with Crippen LogP contribution in [0.2, 0.25) is 0 Å². The van der Waals surface area contributed by atoms with Crippen LogP contribution in [-0.2, 0) is 9.63 Å². The van der Waals surface area contributed by atoms with Crippen molar-refractivity contribution < 1.29 is 19.3 Å². The highest BCUT2D eigenvalue weighted by molar-refractivity contribution is 5.97. The van der Waals surface area contributed by atoms with E-state index in [4.69, 9.17) is 15.3 Å². The van der Waals surface area contributed by atoms with Crippen molar-refractivity contribution >= 4 is 17.5 Å². The largest absolute Gasteiger partial charge is 0.479 e. The Bertz CT molecular complexity index is 760. The number of carbonyl (C=O) groups excluding carboxylic acids is 1. The monoisotopic (exact) mass is 343 g/mol. The summed E-state index contributed by atoms with van der Waals surface area (Å²) in [5.41, 5.74) is 6.05. The minimum absolute atomic E-state index is 0.0715. The number of amidine groups is 1. The summed E-state index contributed by atoms with van der Waals surface area (Å²) in [6.07, 6.45) is -0.434. The SMILES string of the molecule is CC[C@H](Oc1ccccc1)C(=O)O/N=C(/N)c1ccc([N+](=O)[O-])cc1. The van der Waals surface area contributed by atoms with E-state index in [-0.39, 0.29) is 11.5 Å². The molecule has 0 aliphatic heterocycles. The summed E-state index contributed by atoms with van der Waals surface area (Å²) in [7, 11) is 0. The fraction of sp³-hybridized carbons (Fsp3) is 0.176. The zero-order valence-electron chi connectivity index (χ0n) is 13.5. The number of hydrogen-bond acceptors (Lipinski definition) is 6. The first-order valence-electron chi connectivity index (χ1n) is 7.52. The molecule has 130 valence electrons. The Morgan fingerprint density at radius 3 is 2.40 bits per heavy atom. The van der Waals surface area contributed by atoms with Gasteiger partial charge in [-0.15, -0.1) is 0 Å². The standard InChI is InChI=1S/C17H17N3O5/c1-2-15(24-14-6-4-3-5-7-14)17(21)25-19-16(18)12-8-10-13(11-9-12)20(22)23/h3-11,15H,2H2,1H3,(H2,18,19)/t15-/m0/s1. The van der Waals surface area contributed by atoms with E-state index < -0.39 is 17.0 Å². The van der Waals surface area contributed by atoms with Crippen molar-refractivity contribution in [2.24, 2.45) is 10.9 Å². The molecule has 2 aromatic rings. The molecule has 0 bridgehead atoms. The topological polar surface area (TPSA) is 117 Å². The second-order valence-electron chi connectivity index (χ2n) is 5.02. The molecule has 8 nitrogen and oxygen atoms in total. The quantitative estimate of drug-likeness (QED) is 0.271. The summed E-state index contributed by atoms with van der Waals surface area (Å²) in [5.74, 6) is -0.215. The van der Waals surface area contributed by atoms with Gasteiger partial charge in [0.25, 0.3) is 5.69 Å². The molecule has 0 radical (unpaired) electrons. The molecule has 0 unspecified atom stereocenters. The van der Waals surface area contributed by atoms with Gasteiger partial charge in [-0.25, -0.2) is 4.79 Å². The molecule has 0 fully saturated rings. The zero-order chi connectivity index (χ0) is 18.2. The maximum Gasteiger partial charge on any atom is 0.375 e. The molecule has 2 aromatic carbocycles. The average Bonchev–Trinajstić information content (AvgIpc) is 2.64. The minimum Gasteiger partial charge on any atom is -0.479 e. The number of rotatable bonds is 7. The summed E-state index contributed by atoms with van der Waals surface area (Å²) in [6, 6.07) is 14.3. The molecule has 0 amide bonds. The van der Waals surface area contributed by atoms with Gasteiger partial charge < -0.3 is 15.3 Å². The second-order valence-corrected chi connectivity index (χ2v) is 5.02. The van der Waals surface area contributed by atoms with Crippen molar-refractivity contribution in [1.82, 2.24) is 0 Å². The average molecular weight is 343 g/mol. The Morgan fingerprint density at radius 2 is 1.84 bits per heavy atom. The maximum absolute atomic E-state index is 12.1. The summed E-state index contributed by atoms with van der Waals surface area (Å²) >= 11 is 0. The lowest BCUT2D eigenvalue weighted by Crippen LogP contribution is -2.28. The molecule has 0 spiro atoms. The summed E-state index contributed by atoms with van der Waals surface area (Å²) in [5, 5.41) is 14.2. The third-order valence-electron chi connectivity index (χ3n) is 3.26. The van der Waals surface area contributed by atoms with Gasteiger partial charge in [0, 0.05) is 17.7 Å². The fourth-order valence-corrected chi connectivity index (χ4v) is 1.92. The number of oxime groups is 1. The summed E-state index contributed by atoms with van der Waals surface area (Å²) in [4.78, 5) is 27.0. The lowest BCUT2D eigenvalue weighted by Gasteiger charge is -2.14. The van der Waals surface area contributed by atoms with E-state index in [0.29, 0.717) is 17.7 Å². The van der Waals surface area contributed by atoms with Crippen LogP contribution in [0.25, 0.3) is 0 Å². The molecule has 0 aliphatic rings. The van der Waals surface area contributed by atoms with Crippen molar-refractivity contribution in [2.75, 3.05) is 0 Å². The van der Waals surface area contributed by atoms with E-state index >= 15 is 0 Å². The Balaban J connectivity index is 2.00. The van der Waals surface area contributed by atoms with Crippen LogP contribution in [-0.4, -0.2) is 22.8 Å². The number of nitro groups is 1. The van der Waals surface area contributed by atoms with Gasteiger partial charge in [-0.1, -0.05) is 30.3 Å². The molecule has 0 saturated heterocycles. The lowest BCUT2D eigenvalue weighted by atomic mass is 10.2. The first-order valence-corrected chi connectivity index (χ1v) is 7.52. The van der Waals surface area contributed by atoms with Gasteiger partial charge in [-0.05, 0) is 30.7 Å². The van der Waals surface area contributed by atoms with Gasteiger partial charge in [0.1, 0.15) is 5.75 Å². The smallest absolute Gasteiger partial charge is 0.375 e. The highest BCUT2D eigenvalue weighted by Gasteiger charge is 2.21. The molecule has 0 aromatic heterocycles. The summed E-state index contributed by atoms with van der Waals surface area (Å²) in [6.45, 7) is 1.78. The molecule has 2 rings (SSSR count). The maximum atomic E-state index is 12.1. The zero-order valence-corrected chi connectivity index (χ0v) is 13.5. The second kappa shape index (κ2) is 8.44. The molecular formula is C17H17N3O5. The van der Waals surface area contributed by atoms with Crippen LogP contribution < -0.4 is 10.5 Å². The van der Waals surface area contributed by atoms with E-state index in [1.165, 1.54) is 24.3 Å². The van der Waals surface area contributed by atoms with Gasteiger partial charge >= 0.3 is 5.97 Å². The number of nitro benzene ring substituents is 1. The van der Waals surface area contributed by atoms with Crippen molar-refractivity contribution in [3.63, 3.8) is 0 Å². The van der Waals surface area contributed by atoms with Crippen LogP contribution in [0.5, 0.6) is 5.75 Å². The molecular weight excluding hydrogens is 326 g/mol. The van der Waals surface area contributed by atoms with Gasteiger partial charge in [0.2, 0.25) is 0 Å². The van der Waals surface area contributed by atoms with Crippen LogP contribution in [0, 0.1) is 10.1 Å². The lowest BCUT2D eigenvalue weighted by molar-refractivity contribution is -0.384. The third-order valence-corrected chi connectivity index (χ3v) is 3.26. The van der Waals surface area contributed by atoms with E-state index in [9.17, 15) is 14.9 Å². The number of non-ortho nitro benzene ring substituents is 1. The highest BCUT2D eigenvalue weighted by Crippen LogP contribution is 2.14. The van der Waals surface area contributed by atoms with Gasteiger partial charge in [-0.2, -0.15) is 0 Å². The van der Waals surface area contributed by atoms with Crippen molar-refractivity contribution in [2.45, 2.75) is 19.4 Å². The minimum atomic E-state index is -0.823. The van der Waals surface area contributed by atoms with Crippen LogP contribution >= 0.6 is 0 Å². The van der Waals surface area contributed by atoms with Gasteiger partial charge in [-0.3, -0.25) is 10.1 Å². The van der Waals surface area contributed by atoms with Crippen molar-refractivity contribution in [3.8, 4) is 5.75 Å². The molecule has 0 aliphatic carbocycles. The van der Waals surface area contributed by atoms with E-state index in [2.05, 4.69) is 5.16 Å². The molecule has 2 N–H and O–H groups in total. The van der Waals surface area contributed by atoms with Gasteiger partial charge in [0.05, 0.1) is 4.92 Å². The normalized spacial score (nSPS) is 12.3. The number of benzene rings is 2. The van der Waals surface area contributed by atoms with Crippen LogP contribution in [0.3, 0.4) is 0 Å². The van der Waals surface area contributed by atoms with Crippen molar-refractivity contribution in [3.05, 3.63) is 70.3 Å². The molecule has 8 heteroatoms. The predicted molar refractivity (Wildman–Crippen MR) is 91.1 cm³/mol. The Morgan fingerprint density at radius 1 is 1.20 bits per heavy atom. The van der Waals surface area contributed by atoms with E-state index in [1.807, 2.05) is 6.07 Å². The molecule has 0 heterocycles. The van der Waals surface area contributed by atoms with E-state index in [1.54, 1.807) is 31.2 Å². The number of para-hydroxylation sites is 1. The number of carbonyl (C=O) groups is 1. The Kier molecular flexibility index (Phi) is 6.05. The Labute approximate surface area is 144 Å². The van der Waals surface area contributed by atoms with E-state index in [0.717, 1.165) is 0 Å². The number of nitrogens with zero attached hydrogens (tertiary/aromatic N) is 2. The van der Waals surface area contributed by atoms with Crippen LogP contribution in [0.15, 0.2) is 59.8 Å². The van der Waals surface area contributed by atoms with Crippen LogP contribution in [0.1, 0.15) is 18.9 Å². The molecule has 1 atom stereocenters. The first kappa shape index (κ1) is 17.9. The first-order chi connectivity index (χ1) is 12.0. The summed E-state index contributed by atoms with van der Waals surface area (Å²) < 4.78 is 5.55. The Hall–Kier alpha value is -3.42. The fourth-order valence-electron chi connectivity index (χ4n) is 1.92. The molecule has 0 saturated carbocycles. The van der Waals surface area contributed by atoms with Crippen molar-refractivity contribution in [1.29, 1.82) is 0 Å². The molecule has 25 heavy (non-hydrogen) atoms.